The molecule has 0 radical (unpaired) electrons. The van der Waals surface area contributed by atoms with Crippen LogP contribution in [0.4, 0.5) is 14.5 Å². The van der Waals surface area contributed by atoms with Crippen LogP contribution in [0, 0.1) is 0 Å². The van der Waals surface area contributed by atoms with E-state index in [1.165, 1.54) is 6.07 Å². The molecule has 0 atom stereocenters. The van der Waals surface area contributed by atoms with Crippen LogP contribution in [0.25, 0.3) is 0 Å². The smallest absolute Gasteiger partial charge is 0.387 e. The number of aliphatic imine (C=N–C) groups is 1. The van der Waals surface area contributed by atoms with Crippen molar-refractivity contribution in [1.29, 1.82) is 0 Å². The molecule has 26 heavy (non-hydrogen) atoms. The molecule has 0 unspecified atom stereocenters. The van der Waals surface area contributed by atoms with Gasteiger partial charge in [-0.1, -0.05) is 18.2 Å². The minimum atomic E-state index is -2.89. The van der Waals surface area contributed by atoms with E-state index < -0.39 is 6.61 Å². The van der Waals surface area contributed by atoms with Gasteiger partial charge in [-0.2, -0.15) is 8.78 Å². The number of alkyl halides is 2. The first kappa shape index (κ1) is 17.8. The molecule has 8 heteroatoms. The molecule has 0 saturated carbocycles. The Hall–Kier alpha value is -3.03. The van der Waals surface area contributed by atoms with Crippen LogP contribution >= 0.6 is 0 Å². The molecule has 3 rings (SSSR count). The SMILES string of the molecule is NC(=NCc1ccccc1OC(F)F)Nc1ccc2c(c1)OCCCO2. The van der Waals surface area contributed by atoms with Crippen molar-refractivity contribution < 1.29 is 23.0 Å². The zero-order chi connectivity index (χ0) is 18.4. The molecule has 138 valence electrons. The first-order valence-electron chi connectivity index (χ1n) is 8.11. The third-order valence-electron chi connectivity index (χ3n) is 3.63. The molecule has 0 bridgehead atoms. The van der Waals surface area contributed by atoms with Gasteiger partial charge in [-0.3, -0.25) is 0 Å². The van der Waals surface area contributed by atoms with E-state index in [0.717, 1.165) is 6.42 Å². The van der Waals surface area contributed by atoms with Gasteiger partial charge >= 0.3 is 6.61 Å². The lowest BCUT2D eigenvalue weighted by Gasteiger charge is -2.11. The molecule has 1 aliphatic heterocycles. The van der Waals surface area contributed by atoms with Gasteiger partial charge in [-0.05, 0) is 18.2 Å². The van der Waals surface area contributed by atoms with Crippen LogP contribution in [0.2, 0.25) is 0 Å². The first-order chi connectivity index (χ1) is 12.6. The monoisotopic (exact) mass is 363 g/mol. The van der Waals surface area contributed by atoms with E-state index in [9.17, 15) is 8.78 Å². The quantitative estimate of drug-likeness (QED) is 0.629. The van der Waals surface area contributed by atoms with E-state index in [1.54, 1.807) is 36.4 Å². The second-order valence-electron chi connectivity index (χ2n) is 5.52. The van der Waals surface area contributed by atoms with Gasteiger partial charge in [0.25, 0.3) is 0 Å². The Morgan fingerprint density at radius 2 is 1.92 bits per heavy atom. The molecule has 0 saturated heterocycles. The number of fused-ring (bicyclic) bond motifs is 1. The minimum absolute atomic E-state index is 0.0784. The predicted molar refractivity (Wildman–Crippen MR) is 94.1 cm³/mol. The molecule has 2 aromatic carbocycles. The number of ether oxygens (including phenoxy) is 3. The van der Waals surface area contributed by atoms with Crippen LogP contribution in [0.5, 0.6) is 17.2 Å². The van der Waals surface area contributed by atoms with Crippen LogP contribution in [0.3, 0.4) is 0 Å². The van der Waals surface area contributed by atoms with Crippen molar-refractivity contribution in [2.45, 2.75) is 19.6 Å². The van der Waals surface area contributed by atoms with E-state index in [-0.39, 0.29) is 18.3 Å². The van der Waals surface area contributed by atoms with Crippen molar-refractivity contribution in [1.82, 2.24) is 0 Å². The number of nitrogens with zero attached hydrogens (tertiary/aromatic N) is 1. The van der Waals surface area contributed by atoms with Crippen molar-refractivity contribution in [3.8, 4) is 17.2 Å². The molecule has 2 aromatic rings. The number of guanidine groups is 1. The number of nitrogens with two attached hydrogens (primary N) is 1. The average Bonchev–Trinajstić information content (AvgIpc) is 2.85. The number of para-hydroxylation sites is 1. The summed E-state index contributed by atoms with van der Waals surface area (Å²) in [6.45, 7) is -1.59. The second kappa shape index (κ2) is 8.37. The molecule has 0 amide bonds. The Bertz CT molecular complexity index is 784. The summed E-state index contributed by atoms with van der Waals surface area (Å²) in [5, 5.41) is 2.95. The molecule has 1 heterocycles. The lowest BCUT2D eigenvalue weighted by atomic mass is 10.2. The summed E-state index contributed by atoms with van der Waals surface area (Å²) in [5.41, 5.74) is 7.09. The molecule has 0 aromatic heterocycles. The number of nitrogens with one attached hydrogen (secondary N) is 1. The minimum Gasteiger partial charge on any atom is -0.490 e. The fourth-order valence-electron chi connectivity index (χ4n) is 2.44. The topological polar surface area (TPSA) is 78.1 Å². The number of halogens is 2. The maximum atomic E-state index is 12.4. The van der Waals surface area contributed by atoms with Crippen molar-refractivity contribution in [3.05, 3.63) is 48.0 Å². The van der Waals surface area contributed by atoms with E-state index in [1.807, 2.05) is 0 Å². The molecule has 0 aliphatic carbocycles. The summed E-state index contributed by atoms with van der Waals surface area (Å²) in [5.74, 6) is 1.54. The van der Waals surface area contributed by atoms with Crippen molar-refractivity contribution in [2.75, 3.05) is 18.5 Å². The van der Waals surface area contributed by atoms with Crippen molar-refractivity contribution in [2.24, 2.45) is 10.7 Å². The molecule has 3 N–H and O–H groups in total. The van der Waals surface area contributed by atoms with E-state index in [0.29, 0.717) is 36.0 Å². The number of hydrogen-bond acceptors (Lipinski definition) is 4. The van der Waals surface area contributed by atoms with E-state index >= 15 is 0 Å². The van der Waals surface area contributed by atoms with E-state index in [4.69, 9.17) is 15.2 Å². The molecule has 1 aliphatic rings. The standard InChI is InChI=1S/C18H19F2N3O3/c19-17(20)26-14-5-2-1-4-12(14)11-22-18(21)23-13-6-7-15-16(10-13)25-9-3-8-24-15/h1-2,4-7,10,17H,3,8-9,11H2,(H3,21,22,23). The third kappa shape index (κ3) is 4.75. The highest BCUT2D eigenvalue weighted by Gasteiger charge is 2.11. The Morgan fingerprint density at radius 3 is 2.73 bits per heavy atom. The Balaban J connectivity index is 1.67. The highest BCUT2D eigenvalue weighted by Crippen LogP contribution is 2.32. The Labute approximate surface area is 149 Å². The lowest BCUT2D eigenvalue weighted by molar-refractivity contribution is -0.0504. The summed E-state index contributed by atoms with van der Waals surface area (Å²) in [4.78, 5) is 4.17. The first-order valence-corrected chi connectivity index (χ1v) is 8.11. The van der Waals surface area contributed by atoms with Crippen molar-refractivity contribution in [3.63, 3.8) is 0 Å². The highest BCUT2D eigenvalue weighted by atomic mass is 19.3. The number of benzene rings is 2. The van der Waals surface area contributed by atoms with Crippen LogP contribution in [-0.2, 0) is 6.54 Å². The van der Waals surface area contributed by atoms with Crippen LogP contribution in [-0.4, -0.2) is 25.8 Å². The molecule has 0 spiro atoms. The zero-order valence-corrected chi connectivity index (χ0v) is 14.0. The summed E-state index contributed by atoms with van der Waals surface area (Å²) in [7, 11) is 0. The van der Waals surface area contributed by atoms with Gasteiger partial charge in [0.2, 0.25) is 0 Å². The van der Waals surface area contributed by atoms with Gasteiger partial charge in [-0.15, -0.1) is 0 Å². The average molecular weight is 363 g/mol. The van der Waals surface area contributed by atoms with Gasteiger partial charge in [-0.25, -0.2) is 4.99 Å². The summed E-state index contributed by atoms with van der Waals surface area (Å²) < 4.78 is 40.5. The van der Waals surface area contributed by atoms with Gasteiger partial charge in [0.05, 0.1) is 19.8 Å². The summed E-state index contributed by atoms with van der Waals surface area (Å²) in [6.07, 6.45) is 0.821. The van der Waals surface area contributed by atoms with Gasteiger partial charge < -0.3 is 25.3 Å². The fraction of sp³-hybridized carbons (Fsp3) is 0.278. The normalized spacial score (nSPS) is 14.0. The lowest BCUT2D eigenvalue weighted by Crippen LogP contribution is -2.22. The van der Waals surface area contributed by atoms with Crippen LogP contribution in [0.15, 0.2) is 47.5 Å². The second-order valence-corrected chi connectivity index (χ2v) is 5.52. The third-order valence-corrected chi connectivity index (χ3v) is 3.63. The van der Waals surface area contributed by atoms with Gasteiger partial charge in [0.15, 0.2) is 17.5 Å². The number of anilines is 1. The number of hydrogen-bond donors (Lipinski definition) is 2. The fourth-order valence-corrected chi connectivity index (χ4v) is 2.44. The van der Waals surface area contributed by atoms with Gasteiger partial charge in [0.1, 0.15) is 5.75 Å². The maximum absolute atomic E-state index is 12.4. The Morgan fingerprint density at radius 1 is 1.15 bits per heavy atom. The Kier molecular flexibility index (Phi) is 5.73. The largest absolute Gasteiger partial charge is 0.490 e. The zero-order valence-electron chi connectivity index (χ0n) is 14.0. The number of rotatable bonds is 5. The van der Waals surface area contributed by atoms with Gasteiger partial charge in [0, 0.05) is 23.7 Å². The molecular formula is C18H19F2N3O3. The predicted octanol–water partition coefficient (Wildman–Crippen LogP) is 3.38. The molecule has 0 fully saturated rings. The highest BCUT2D eigenvalue weighted by molar-refractivity contribution is 5.92. The molecule has 6 nitrogen and oxygen atoms in total. The van der Waals surface area contributed by atoms with Crippen LogP contribution in [0.1, 0.15) is 12.0 Å². The summed E-state index contributed by atoms with van der Waals surface area (Å²) >= 11 is 0. The maximum Gasteiger partial charge on any atom is 0.387 e. The summed E-state index contributed by atoms with van der Waals surface area (Å²) in [6, 6.07) is 11.8. The molecular weight excluding hydrogens is 344 g/mol. The van der Waals surface area contributed by atoms with Crippen LogP contribution < -0.4 is 25.3 Å². The van der Waals surface area contributed by atoms with E-state index in [2.05, 4.69) is 15.0 Å². The van der Waals surface area contributed by atoms with Crippen molar-refractivity contribution >= 4 is 11.6 Å².